The molecule has 1 amide bonds. The summed E-state index contributed by atoms with van der Waals surface area (Å²) in [5.74, 6) is -0.200. The van der Waals surface area contributed by atoms with Gasteiger partial charge >= 0.3 is 0 Å². The van der Waals surface area contributed by atoms with Gasteiger partial charge in [-0.2, -0.15) is 5.10 Å². The fourth-order valence-electron chi connectivity index (χ4n) is 3.27. The van der Waals surface area contributed by atoms with E-state index in [0.29, 0.717) is 13.2 Å². The van der Waals surface area contributed by atoms with E-state index < -0.39 is 20.5 Å². The lowest BCUT2D eigenvalue weighted by atomic mass is 10.0. The Hall–Kier alpha value is -2.95. The van der Waals surface area contributed by atoms with E-state index >= 15 is 0 Å². The topological polar surface area (TPSA) is 120 Å². The smallest absolute Gasteiger partial charge is 0.264 e. The van der Waals surface area contributed by atoms with Crippen LogP contribution in [0.15, 0.2) is 48.7 Å². The monoisotopic (exact) mass is 461 g/mol. The van der Waals surface area contributed by atoms with Crippen molar-refractivity contribution >= 4 is 26.6 Å². The number of carbonyl (C=O) groups excluding carboxylic acids is 1. The zero-order valence-corrected chi connectivity index (χ0v) is 19.1. The number of hydroxylamine groups is 1. The van der Waals surface area contributed by atoms with Crippen LogP contribution in [0, 0.1) is 0 Å². The van der Waals surface area contributed by atoms with E-state index in [1.54, 1.807) is 18.0 Å². The van der Waals surface area contributed by atoms with E-state index in [0.717, 1.165) is 34.0 Å². The predicted octanol–water partition coefficient (Wildman–Crippen LogP) is 2.43. The summed E-state index contributed by atoms with van der Waals surface area (Å²) in [5, 5.41) is 14.3. The van der Waals surface area contributed by atoms with Gasteiger partial charge in [-0.15, -0.1) is 0 Å². The number of benzene rings is 2. The molecule has 9 nitrogen and oxygen atoms in total. The molecule has 0 bridgehead atoms. The number of nitrogens with one attached hydrogen (secondary N) is 1. The van der Waals surface area contributed by atoms with Crippen molar-refractivity contribution in [2.45, 2.75) is 24.6 Å². The second kappa shape index (κ2) is 9.68. The van der Waals surface area contributed by atoms with E-state index in [4.69, 9.17) is 14.7 Å². The number of aryl methyl sites for hydroxylation is 1. The SMILES string of the molecule is COCCOc1ccc(-c2ccc3nn(CC[C@](C)(C(=O)NO)S(C)(=O)=O)cc3c2)cc1. The predicted molar refractivity (Wildman–Crippen MR) is 120 cm³/mol. The molecule has 3 aromatic rings. The van der Waals surface area contributed by atoms with Crippen LogP contribution in [0.25, 0.3) is 22.0 Å². The van der Waals surface area contributed by atoms with E-state index in [-0.39, 0.29) is 13.0 Å². The van der Waals surface area contributed by atoms with Gasteiger partial charge in [0, 0.05) is 31.5 Å². The molecule has 2 N–H and O–H groups in total. The van der Waals surface area contributed by atoms with Gasteiger partial charge in [0.05, 0.1) is 12.1 Å². The number of nitrogens with zero attached hydrogens (tertiary/aromatic N) is 2. The molecule has 0 saturated heterocycles. The summed E-state index contributed by atoms with van der Waals surface area (Å²) in [7, 11) is -2.13. The van der Waals surface area contributed by atoms with E-state index in [1.807, 2.05) is 42.5 Å². The van der Waals surface area contributed by atoms with E-state index in [1.165, 1.54) is 12.4 Å². The van der Waals surface area contributed by atoms with Gasteiger partial charge in [0.15, 0.2) is 14.6 Å². The molecule has 1 heterocycles. The van der Waals surface area contributed by atoms with Crippen molar-refractivity contribution in [1.82, 2.24) is 15.3 Å². The van der Waals surface area contributed by atoms with Crippen molar-refractivity contribution in [2.24, 2.45) is 0 Å². The van der Waals surface area contributed by atoms with Crippen molar-refractivity contribution in [3.63, 3.8) is 0 Å². The van der Waals surface area contributed by atoms with Crippen molar-refractivity contribution in [1.29, 1.82) is 0 Å². The lowest BCUT2D eigenvalue weighted by molar-refractivity contribution is -0.131. The zero-order chi connectivity index (χ0) is 23.4. The average Bonchev–Trinajstić information content (AvgIpc) is 3.19. The number of fused-ring (bicyclic) bond motifs is 1. The summed E-state index contributed by atoms with van der Waals surface area (Å²) in [5.41, 5.74) is 4.22. The molecule has 1 atom stereocenters. The zero-order valence-electron chi connectivity index (χ0n) is 18.2. The number of hydrogen-bond donors (Lipinski definition) is 2. The summed E-state index contributed by atoms with van der Waals surface area (Å²) in [6.07, 6.45) is 2.74. The highest BCUT2D eigenvalue weighted by atomic mass is 32.2. The van der Waals surface area contributed by atoms with Gasteiger partial charge in [0.25, 0.3) is 5.91 Å². The Bertz CT molecular complexity index is 1190. The van der Waals surface area contributed by atoms with Crippen molar-refractivity contribution in [3.8, 4) is 16.9 Å². The maximum absolute atomic E-state index is 12.1. The quantitative estimate of drug-likeness (QED) is 0.270. The first-order valence-electron chi connectivity index (χ1n) is 10.0. The summed E-state index contributed by atoms with van der Waals surface area (Å²) in [6.45, 7) is 2.49. The number of methoxy groups -OCH3 is 1. The highest BCUT2D eigenvalue weighted by molar-refractivity contribution is 7.92. The number of aromatic nitrogens is 2. The Morgan fingerprint density at radius 3 is 2.47 bits per heavy atom. The first-order valence-corrected chi connectivity index (χ1v) is 11.9. The highest BCUT2D eigenvalue weighted by Gasteiger charge is 2.43. The van der Waals surface area contributed by atoms with Crippen LogP contribution in [0.5, 0.6) is 5.75 Å². The molecule has 32 heavy (non-hydrogen) atoms. The number of rotatable bonds is 10. The molecule has 172 valence electrons. The maximum Gasteiger partial charge on any atom is 0.264 e. The minimum Gasteiger partial charge on any atom is -0.491 e. The second-order valence-corrected chi connectivity index (χ2v) is 10.2. The Morgan fingerprint density at radius 1 is 1.16 bits per heavy atom. The Balaban J connectivity index is 1.77. The van der Waals surface area contributed by atoms with Crippen LogP contribution in [-0.4, -0.2) is 60.6 Å². The fourth-order valence-corrected chi connectivity index (χ4v) is 4.12. The molecule has 0 aliphatic rings. The van der Waals surface area contributed by atoms with Gasteiger partial charge in [-0.25, -0.2) is 13.9 Å². The summed E-state index contributed by atoms with van der Waals surface area (Å²) < 4.78 is 34.7. The van der Waals surface area contributed by atoms with Gasteiger partial charge in [0.2, 0.25) is 0 Å². The number of hydrogen-bond acceptors (Lipinski definition) is 7. The van der Waals surface area contributed by atoms with Gasteiger partial charge < -0.3 is 9.47 Å². The van der Waals surface area contributed by atoms with Crippen LogP contribution in [0.2, 0.25) is 0 Å². The lowest BCUT2D eigenvalue weighted by Crippen LogP contribution is -2.49. The Labute approximate surface area is 186 Å². The first kappa shape index (κ1) is 23.7. The molecule has 0 radical (unpaired) electrons. The third-order valence-corrected chi connectivity index (χ3v) is 7.54. The molecular formula is C22H27N3O6S. The third kappa shape index (κ3) is 5.09. The second-order valence-electron chi connectivity index (χ2n) is 7.73. The largest absolute Gasteiger partial charge is 0.491 e. The number of sulfone groups is 1. The minimum absolute atomic E-state index is 0.0381. The molecule has 1 aromatic heterocycles. The van der Waals surface area contributed by atoms with Crippen LogP contribution in [-0.2, 0) is 25.9 Å². The number of amides is 1. The van der Waals surface area contributed by atoms with Crippen molar-refractivity contribution < 1.29 is 27.9 Å². The number of ether oxygens (including phenoxy) is 2. The van der Waals surface area contributed by atoms with Gasteiger partial charge in [0.1, 0.15) is 12.4 Å². The number of carbonyl (C=O) groups is 1. The molecule has 0 aliphatic heterocycles. The molecule has 2 aromatic carbocycles. The molecular weight excluding hydrogens is 434 g/mol. The lowest BCUT2D eigenvalue weighted by Gasteiger charge is -2.24. The van der Waals surface area contributed by atoms with E-state index in [9.17, 15) is 13.2 Å². The van der Waals surface area contributed by atoms with Crippen LogP contribution < -0.4 is 10.2 Å². The summed E-state index contributed by atoms with van der Waals surface area (Å²) in [6, 6.07) is 13.6. The minimum atomic E-state index is -3.76. The van der Waals surface area contributed by atoms with Crippen LogP contribution in [0.3, 0.4) is 0 Å². The van der Waals surface area contributed by atoms with Gasteiger partial charge in [-0.05, 0) is 48.7 Å². The van der Waals surface area contributed by atoms with Gasteiger partial charge in [-0.1, -0.05) is 18.2 Å². The molecule has 0 aliphatic carbocycles. The van der Waals surface area contributed by atoms with Crippen molar-refractivity contribution in [3.05, 3.63) is 48.7 Å². The van der Waals surface area contributed by atoms with Gasteiger partial charge in [-0.3, -0.25) is 14.7 Å². The fraction of sp³-hybridized carbons (Fsp3) is 0.364. The highest BCUT2D eigenvalue weighted by Crippen LogP contribution is 2.27. The third-order valence-electron chi connectivity index (χ3n) is 5.51. The molecule has 3 rings (SSSR count). The van der Waals surface area contributed by atoms with Crippen LogP contribution >= 0.6 is 0 Å². The molecule has 0 unspecified atom stereocenters. The van der Waals surface area contributed by atoms with Crippen LogP contribution in [0.4, 0.5) is 0 Å². The molecule has 0 fully saturated rings. The van der Waals surface area contributed by atoms with Crippen LogP contribution in [0.1, 0.15) is 13.3 Å². The van der Waals surface area contributed by atoms with Crippen molar-refractivity contribution in [2.75, 3.05) is 26.6 Å². The standard InChI is InChI=1S/C22H27N3O6S/c1-22(21(26)24-27,32(3,28)29)10-11-25-15-18-14-17(6-9-20(18)23-25)16-4-7-19(8-5-16)31-13-12-30-2/h4-9,14-15,27H,10-13H2,1-3H3,(H,24,26)/t22-/m1/s1. The first-order chi connectivity index (χ1) is 15.2. The normalized spacial score (nSPS) is 13.6. The molecule has 10 heteroatoms. The summed E-state index contributed by atoms with van der Waals surface area (Å²) in [4.78, 5) is 12.0. The Kier molecular flexibility index (Phi) is 7.17. The average molecular weight is 462 g/mol. The maximum atomic E-state index is 12.1. The molecule has 0 saturated carbocycles. The molecule has 0 spiro atoms. The van der Waals surface area contributed by atoms with E-state index in [2.05, 4.69) is 5.10 Å². The Morgan fingerprint density at radius 2 is 1.84 bits per heavy atom. The summed E-state index contributed by atoms with van der Waals surface area (Å²) >= 11 is 0.